The van der Waals surface area contributed by atoms with Gasteiger partial charge in [0.05, 0.1) is 6.20 Å². The minimum absolute atomic E-state index is 0.0587. The highest BCUT2D eigenvalue weighted by Crippen LogP contribution is 2.28. The van der Waals surface area contributed by atoms with E-state index in [-0.39, 0.29) is 5.91 Å². The Hall–Kier alpha value is -2.15. The lowest BCUT2D eigenvalue weighted by molar-refractivity contribution is 0.0785. The van der Waals surface area contributed by atoms with Gasteiger partial charge in [0.2, 0.25) is 0 Å². The van der Waals surface area contributed by atoms with Crippen molar-refractivity contribution in [2.75, 3.05) is 33.2 Å². The highest BCUT2D eigenvalue weighted by molar-refractivity contribution is 5.92. The molecule has 7 nitrogen and oxygen atoms in total. The number of carbonyl (C=O) groups is 1. The largest absolute Gasteiger partial charge is 0.338 e. The SMILES string of the molecule is CN1CCC(c2ncc(C(=O)N3CCC(c4nccn4C)C3)[nH]2)CC1. The molecular formula is C18H26N6O. The van der Waals surface area contributed by atoms with Gasteiger partial charge in [-0.05, 0) is 39.4 Å². The van der Waals surface area contributed by atoms with Crippen LogP contribution in [0.25, 0.3) is 0 Å². The number of nitrogens with zero attached hydrogens (tertiary/aromatic N) is 5. The molecule has 0 aromatic carbocycles. The van der Waals surface area contributed by atoms with Crippen molar-refractivity contribution in [1.29, 1.82) is 0 Å². The first-order valence-corrected chi connectivity index (χ1v) is 9.11. The third kappa shape index (κ3) is 3.20. The smallest absolute Gasteiger partial charge is 0.271 e. The van der Waals surface area contributed by atoms with Crippen LogP contribution in [0.4, 0.5) is 0 Å². The van der Waals surface area contributed by atoms with E-state index in [4.69, 9.17) is 0 Å². The number of amides is 1. The zero-order chi connectivity index (χ0) is 17.4. The fraction of sp³-hybridized carbons (Fsp3) is 0.611. The van der Waals surface area contributed by atoms with Crippen molar-refractivity contribution < 1.29 is 4.79 Å². The molecule has 0 bridgehead atoms. The number of hydrogen-bond donors (Lipinski definition) is 1. The number of aryl methyl sites for hydroxylation is 1. The predicted octanol–water partition coefficient (Wildman–Crippen LogP) is 1.58. The summed E-state index contributed by atoms with van der Waals surface area (Å²) in [7, 11) is 4.16. The number of aromatic nitrogens is 4. The van der Waals surface area contributed by atoms with Crippen LogP contribution in [0.2, 0.25) is 0 Å². The first-order chi connectivity index (χ1) is 12.1. The van der Waals surface area contributed by atoms with E-state index >= 15 is 0 Å². The summed E-state index contributed by atoms with van der Waals surface area (Å²) in [6.07, 6.45) is 8.66. The molecule has 0 radical (unpaired) electrons. The highest BCUT2D eigenvalue weighted by Gasteiger charge is 2.31. The van der Waals surface area contributed by atoms with E-state index in [0.29, 0.717) is 17.5 Å². The van der Waals surface area contributed by atoms with Crippen molar-refractivity contribution in [2.24, 2.45) is 7.05 Å². The van der Waals surface area contributed by atoms with E-state index in [2.05, 4.69) is 26.9 Å². The van der Waals surface area contributed by atoms with E-state index in [1.165, 1.54) is 0 Å². The number of nitrogens with one attached hydrogen (secondary N) is 1. The first kappa shape index (κ1) is 16.3. The van der Waals surface area contributed by atoms with Crippen LogP contribution < -0.4 is 0 Å². The predicted molar refractivity (Wildman–Crippen MR) is 94.5 cm³/mol. The Balaban J connectivity index is 1.41. The topological polar surface area (TPSA) is 70.1 Å². The lowest BCUT2D eigenvalue weighted by Gasteiger charge is -2.27. The molecule has 2 aliphatic heterocycles. The maximum atomic E-state index is 12.8. The molecule has 2 saturated heterocycles. The number of aromatic amines is 1. The van der Waals surface area contributed by atoms with Gasteiger partial charge in [-0.2, -0.15) is 0 Å². The van der Waals surface area contributed by atoms with Gasteiger partial charge in [0.1, 0.15) is 17.3 Å². The van der Waals surface area contributed by atoms with Crippen LogP contribution in [-0.4, -0.2) is 68.5 Å². The van der Waals surface area contributed by atoms with E-state index in [1.807, 2.05) is 28.9 Å². The second kappa shape index (κ2) is 6.63. The quantitative estimate of drug-likeness (QED) is 0.919. The van der Waals surface area contributed by atoms with Gasteiger partial charge in [-0.1, -0.05) is 0 Å². The maximum absolute atomic E-state index is 12.8. The van der Waals surface area contributed by atoms with Gasteiger partial charge < -0.3 is 19.4 Å². The summed E-state index contributed by atoms with van der Waals surface area (Å²) >= 11 is 0. The summed E-state index contributed by atoms with van der Waals surface area (Å²) in [6, 6.07) is 0. The van der Waals surface area contributed by atoms with Crippen molar-refractivity contribution >= 4 is 5.91 Å². The minimum atomic E-state index is 0.0587. The highest BCUT2D eigenvalue weighted by atomic mass is 16.2. The fourth-order valence-corrected chi connectivity index (χ4v) is 4.03. The lowest BCUT2D eigenvalue weighted by atomic mass is 9.97. The first-order valence-electron chi connectivity index (χ1n) is 9.11. The molecule has 1 N–H and O–H groups in total. The van der Waals surface area contributed by atoms with E-state index in [1.54, 1.807) is 6.20 Å². The molecule has 0 aliphatic carbocycles. The normalized spacial score (nSPS) is 22.6. The zero-order valence-corrected chi connectivity index (χ0v) is 15.0. The Morgan fingerprint density at radius 1 is 1.12 bits per heavy atom. The number of imidazole rings is 2. The van der Waals surface area contributed by atoms with Gasteiger partial charge in [-0.3, -0.25) is 4.79 Å². The Bertz CT molecular complexity index is 742. The van der Waals surface area contributed by atoms with Crippen molar-refractivity contribution in [1.82, 2.24) is 29.3 Å². The monoisotopic (exact) mass is 342 g/mol. The minimum Gasteiger partial charge on any atom is -0.338 e. The third-order valence-corrected chi connectivity index (χ3v) is 5.63. The van der Waals surface area contributed by atoms with Gasteiger partial charge in [-0.15, -0.1) is 0 Å². The van der Waals surface area contributed by atoms with Gasteiger partial charge in [0, 0.05) is 44.4 Å². The molecular weight excluding hydrogens is 316 g/mol. The summed E-state index contributed by atoms with van der Waals surface area (Å²) in [5.74, 6) is 2.85. The second-order valence-corrected chi connectivity index (χ2v) is 7.39. The van der Waals surface area contributed by atoms with Crippen LogP contribution >= 0.6 is 0 Å². The van der Waals surface area contributed by atoms with Crippen molar-refractivity contribution in [3.63, 3.8) is 0 Å². The summed E-state index contributed by atoms with van der Waals surface area (Å²) in [4.78, 5) is 29.3. The molecule has 2 aliphatic rings. The summed E-state index contributed by atoms with van der Waals surface area (Å²) in [6.45, 7) is 3.68. The van der Waals surface area contributed by atoms with Crippen molar-refractivity contribution in [2.45, 2.75) is 31.1 Å². The average molecular weight is 342 g/mol. The number of piperidine rings is 1. The van der Waals surface area contributed by atoms with Crippen LogP contribution in [0.3, 0.4) is 0 Å². The number of rotatable bonds is 3. The summed E-state index contributed by atoms with van der Waals surface area (Å²) < 4.78 is 2.05. The number of H-pyrrole nitrogens is 1. The average Bonchev–Trinajstić information content (AvgIpc) is 3.35. The van der Waals surface area contributed by atoms with E-state index in [9.17, 15) is 4.79 Å². The molecule has 0 saturated carbocycles. The Kier molecular flexibility index (Phi) is 4.33. The van der Waals surface area contributed by atoms with Gasteiger partial charge >= 0.3 is 0 Å². The van der Waals surface area contributed by atoms with Crippen molar-refractivity contribution in [3.8, 4) is 0 Å². The molecule has 1 unspecified atom stereocenters. The molecule has 0 spiro atoms. The van der Waals surface area contributed by atoms with E-state index < -0.39 is 0 Å². The summed E-state index contributed by atoms with van der Waals surface area (Å²) in [5, 5.41) is 0. The van der Waals surface area contributed by atoms with Crippen LogP contribution in [0.5, 0.6) is 0 Å². The molecule has 4 heterocycles. The van der Waals surface area contributed by atoms with Crippen LogP contribution in [0.1, 0.15) is 53.2 Å². The molecule has 4 rings (SSSR count). The molecule has 1 amide bonds. The molecule has 7 heteroatoms. The van der Waals surface area contributed by atoms with E-state index in [0.717, 1.165) is 57.1 Å². The second-order valence-electron chi connectivity index (χ2n) is 7.39. The van der Waals surface area contributed by atoms with Crippen LogP contribution in [0, 0.1) is 0 Å². The maximum Gasteiger partial charge on any atom is 0.271 e. The van der Waals surface area contributed by atoms with Crippen LogP contribution in [0.15, 0.2) is 18.6 Å². The zero-order valence-electron chi connectivity index (χ0n) is 15.0. The molecule has 1 atom stereocenters. The molecule has 134 valence electrons. The number of likely N-dealkylation sites (tertiary alicyclic amines) is 2. The standard InChI is InChI=1S/C18H26N6O/c1-22-7-3-13(4-8-22)16-20-11-15(21-16)18(25)24-9-5-14(12-24)17-19-6-10-23(17)2/h6,10-11,13-14H,3-5,7-9,12H2,1-2H3,(H,20,21). The van der Waals surface area contributed by atoms with Crippen LogP contribution in [-0.2, 0) is 7.05 Å². The third-order valence-electron chi connectivity index (χ3n) is 5.63. The van der Waals surface area contributed by atoms with Gasteiger partial charge in [0.25, 0.3) is 5.91 Å². The Morgan fingerprint density at radius 3 is 2.60 bits per heavy atom. The van der Waals surface area contributed by atoms with Gasteiger partial charge in [0.15, 0.2) is 0 Å². The summed E-state index contributed by atoms with van der Waals surface area (Å²) in [5.41, 5.74) is 0.620. The fourth-order valence-electron chi connectivity index (χ4n) is 4.03. The molecule has 2 aromatic rings. The Morgan fingerprint density at radius 2 is 1.88 bits per heavy atom. The molecule has 2 fully saturated rings. The van der Waals surface area contributed by atoms with Gasteiger partial charge in [-0.25, -0.2) is 9.97 Å². The number of hydrogen-bond acceptors (Lipinski definition) is 4. The molecule has 2 aromatic heterocycles. The molecule has 25 heavy (non-hydrogen) atoms. The Labute approximate surface area is 148 Å². The lowest BCUT2D eigenvalue weighted by Crippen LogP contribution is -2.30. The van der Waals surface area contributed by atoms with Crippen molar-refractivity contribution in [3.05, 3.63) is 35.9 Å². The number of carbonyl (C=O) groups excluding carboxylic acids is 1.